The summed E-state index contributed by atoms with van der Waals surface area (Å²) < 4.78 is 0. The highest BCUT2D eigenvalue weighted by molar-refractivity contribution is 5.60. The number of fused-ring (bicyclic) bond motifs is 1. The summed E-state index contributed by atoms with van der Waals surface area (Å²) in [4.78, 5) is 0. The number of hydrogen-bond donors (Lipinski definition) is 2. The highest BCUT2D eigenvalue weighted by atomic mass is 16.3. The van der Waals surface area contributed by atoms with Crippen LogP contribution in [0.5, 0.6) is 0 Å². The number of hydrogen-bond acceptors (Lipinski definition) is 2. The third-order valence-electron chi connectivity index (χ3n) is 3.28. The van der Waals surface area contributed by atoms with Crippen molar-refractivity contribution in [3.05, 3.63) is 29.3 Å². The Morgan fingerprint density at radius 1 is 1.47 bits per heavy atom. The van der Waals surface area contributed by atoms with Crippen molar-refractivity contribution < 1.29 is 5.11 Å². The van der Waals surface area contributed by atoms with Crippen molar-refractivity contribution in [1.82, 2.24) is 0 Å². The highest BCUT2D eigenvalue weighted by Crippen LogP contribution is 2.35. The van der Waals surface area contributed by atoms with Crippen LogP contribution in [0.1, 0.15) is 36.8 Å². The maximum absolute atomic E-state index is 9.05. The molecule has 1 unspecified atom stereocenters. The standard InChI is InChI=1S/C13H19NO/c1-2-10-4-3-5-12-11(7-9-15)6-8-14-13(10)12/h3-5,11,14-15H,2,6-9H2,1H3. The zero-order valence-electron chi connectivity index (χ0n) is 9.29. The molecule has 2 heteroatoms. The molecule has 15 heavy (non-hydrogen) atoms. The number of benzene rings is 1. The van der Waals surface area contributed by atoms with E-state index in [1.165, 1.54) is 16.8 Å². The Kier molecular flexibility index (Phi) is 3.27. The van der Waals surface area contributed by atoms with Gasteiger partial charge in [0, 0.05) is 18.8 Å². The molecule has 1 aromatic rings. The molecule has 0 saturated heterocycles. The van der Waals surface area contributed by atoms with Crippen LogP contribution in [0.25, 0.3) is 0 Å². The van der Waals surface area contributed by atoms with E-state index in [1.54, 1.807) is 0 Å². The fourth-order valence-corrected chi connectivity index (χ4v) is 2.45. The van der Waals surface area contributed by atoms with E-state index < -0.39 is 0 Å². The first-order chi connectivity index (χ1) is 7.36. The first-order valence-electron chi connectivity index (χ1n) is 5.83. The predicted octanol–water partition coefficient (Wildman–Crippen LogP) is 2.53. The molecule has 0 aliphatic carbocycles. The molecule has 1 aromatic carbocycles. The largest absolute Gasteiger partial charge is 0.396 e. The maximum atomic E-state index is 9.05. The van der Waals surface area contributed by atoms with Crippen molar-refractivity contribution in [2.24, 2.45) is 0 Å². The van der Waals surface area contributed by atoms with E-state index in [1.807, 2.05) is 0 Å². The van der Waals surface area contributed by atoms with Gasteiger partial charge in [-0.3, -0.25) is 0 Å². The summed E-state index contributed by atoms with van der Waals surface area (Å²) in [6.45, 7) is 3.52. The lowest BCUT2D eigenvalue weighted by molar-refractivity contribution is 0.273. The van der Waals surface area contributed by atoms with Gasteiger partial charge >= 0.3 is 0 Å². The van der Waals surface area contributed by atoms with Gasteiger partial charge in [-0.25, -0.2) is 0 Å². The lowest BCUT2D eigenvalue weighted by Crippen LogP contribution is -2.18. The number of para-hydroxylation sites is 1. The number of aliphatic hydroxyl groups is 1. The van der Waals surface area contributed by atoms with Crippen LogP contribution in [0.2, 0.25) is 0 Å². The molecule has 0 aromatic heterocycles. The SMILES string of the molecule is CCc1cccc2c1NCCC2CCO. The molecular weight excluding hydrogens is 186 g/mol. The number of aliphatic hydroxyl groups excluding tert-OH is 1. The number of anilines is 1. The monoisotopic (exact) mass is 205 g/mol. The van der Waals surface area contributed by atoms with E-state index in [0.29, 0.717) is 12.5 Å². The van der Waals surface area contributed by atoms with Gasteiger partial charge in [-0.2, -0.15) is 0 Å². The van der Waals surface area contributed by atoms with Crippen LogP contribution in [0.3, 0.4) is 0 Å². The Labute approximate surface area is 91.3 Å². The van der Waals surface area contributed by atoms with Gasteiger partial charge < -0.3 is 10.4 Å². The second kappa shape index (κ2) is 4.67. The maximum Gasteiger partial charge on any atom is 0.0436 e. The minimum absolute atomic E-state index is 0.292. The first kappa shape index (κ1) is 10.5. The van der Waals surface area contributed by atoms with Crippen molar-refractivity contribution in [2.45, 2.75) is 32.1 Å². The van der Waals surface area contributed by atoms with E-state index in [-0.39, 0.29) is 0 Å². The normalized spacial score (nSPS) is 19.5. The Balaban J connectivity index is 2.35. The van der Waals surface area contributed by atoms with Crippen LogP contribution >= 0.6 is 0 Å². The van der Waals surface area contributed by atoms with Gasteiger partial charge in [0.15, 0.2) is 0 Å². The summed E-state index contributed by atoms with van der Waals surface area (Å²) in [6, 6.07) is 6.52. The average molecular weight is 205 g/mol. The highest BCUT2D eigenvalue weighted by Gasteiger charge is 2.20. The van der Waals surface area contributed by atoms with Crippen LogP contribution in [0.4, 0.5) is 5.69 Å². The summed E-state index contributed by atoms with van der Waals surface area (Å²) >= 11 is 0. The fraction of sp³-hybridized carbons (Fsp3) is 0.538. The summed E-state index contributed by atoms with van der Waals surface area (Å²) in [7, 11) is 0. The van der Waals surface area contributed by atoms with Gasteiger partial charge in [0.1, 0.15) is 0 Å². The van der Waals surface area contributed by atoms with E-state index in [9.17, 15) is 0 Å². The van der Waals surface area contributed by atoms with Crippen molar-refractivity contribution in [3.63, 3.8) is 0 Å². The molecule has 2 rings (SSSR count). The van der Waals surface area contributed by atoms with E-state index in [4.69, 9.17) is 5.11 Å². The third-order valence-corrected chi connectivity index (χ3v) is 3.28. The molecule has 82 valence electrons. The van der Waals surface area contributed by atoms with Crippen LogP contribution in [0, 0.1) is 0 Å². The van der Waals surface area contributed by atoms with Gasteiger partial charge in [0.25, 0.3) is 0 Å². The summed E-state index contributed by atoms with van der Waals surface area (Å²) in [5.41, 5.74) is 4.12. The average Bonchev–Trinajstić information content (AvgIpc) is 2.29. The minimum atomic E-state index is 0.292. The second-order valence-corrected chi connectivity index (χ2v) is 4.16. The fourth-order valence-electron chi connectivity index (χ4n) is 2.45. The lowest BCUT2D eigenvalue weighted by Gasteiger charge is -2.28. The predicted molar refractivity (Wildman–Crippen MR) is 63.4 cm³/mol. The molecule has 1 aliphatic rings. The molecular formula is C13H19NO. The van der Waals surface area contributed by atoms with Gasteiger partial charge in [0.2, 0.25) is 0 Å². The molecule has 0 spiro atoms. The smallest absolute Gasteiger partial charge is 0.0436 e. The zero-order valence-corrected chi connectivity index (χ0v) is 9.29. The lowest BCUT2D eigenvalue weighted by atomic mass is 9.86. The summed E-state index contributed by atoms with van der Waals surface area (Å²) in [6.07, 6.45) is 3.10. The molecule has 1 atom stereocenters. The molecule has 2 N–H and O–H groups in total. The number of rotatable bonds is 3. The minimum Gasteiger partial charge on any atom is -0.396 e. The van der Waals surface area contributed by atoms with Gasteiger partial charge in [-0.1, -0.05) is 25.1 Å². The van der Waals surface area contributed by atoms with Gasteiger partial charge in [-0.05, 0) is 36.3 Å². The number of nitrogens with one attached hydrogen (secondary N) is 1. The third kappa shape index (κ3) is 2.00. The summed E-state index contributed by atoms with van der Waals surface area (Å²) in [5, 5.41) is 12.5. The van der Waals surface area contributed by atoms with Crippen LogP contribution in [0.15, 0.2) is 18.2 Å². The molecule has 0 radical (unpaired) electrons. The van der Waals surface area contributed by atoms with Crippen molar-refractivity contribution in [1.29, 1.82) is 0 Å². The molecule has 1 aliphatic heterocycles. The van der Waals surface area contributed by atoms with Crippen molar-refractivity contribution >= 4 is 5.69 Å². The molecule has 1 heterocycles. The Hall–Kier alpha value is -1.02. The van der Waals surface area contributed by atoms with Crippen molar-refractivity contribution in [2.75, 3.05) is 18.5 Å². The van der Waals surface area contributed by atoms with Crippen LogP contribution in [-0.4, -0.2) is 18.3 Å². The van der Waals surface area contributed by atoms with Gasteiger partial charge in [-0.15, -0.1) is 0 Å². The van der Waals surface area contributed by atoms with E-state index in [2.05, 4.69) is 30.4 Å². The quantitative estimate of drug-likeness (QED) is 0.794. The zero-order chi connectivity index (χ0) is 10.7. The molecule has 2 nitrogen and oxygen atoms in total. The number of aryl methyl sites for hydroxylation is 1. The Bertz CT molecular complexity index is 335. The molecule has 0 fully saturated rings. The van der Waals surface area contributed by atoms with E-state index >= 15 is 0 Å². The first-order valence-corrected chi connectivity index (χ1v) is 5.83. The van der Waals surface area contributed by atoms with Gasteiger partial charge in [0.05, 0.1) is 0 Å². The van der Waals surface area contributed by atoms with E-state index in [0.717, 1.165) is 25.8 Å². The molecule has 0 saturated carbocycles. The van der Waals surface area contributed by atoms with Crippen LogP contribution < -0.4 is 5.32 Å². The summed E-state index contributed by atoms with van der Waals surface area (Å²) in [5.74, 6) is 0.540. The molecule has 0 bridgehead atoms. The Morgan fingerprint density at radius 3 is 3.07 bits per heavy atom. The van der Waals surface area contributed by atoms with Crippen LogP contribution in [-0.2, 0) is 6.42 Å². The molecule has 0 amide bonds. The topological polar surface area (TPSA) is 32.3 Å². The Morgan fingerprint density at radius 2 is 2.33 bits per heavy atom. The second-order valence-electron chi connectivity index (χ2n) is 4.16. The van der Waals surface area contributed by atoms with Crippen molar-refractivity contribution in [3.8, 4) is 0 Å².